The van der Waals surface area contributed by atoms with Crippen LogP contribution in [0.25, 0.3) is 11.1 Å². The van der Waals surface area contributed by atoms with E-state index in [9.17, 15) is 0 Å². The maximum Gasteiger partial charge on any atom is 0.0349 e. The number of nitrogens with two attached hydrogens (primary N) is 1. The fourth-order valence-electron chi connectivity index (χ4n) is 1.59. The van der Waals surface area contributed by atoms with Crippen molar-refractivity contribution in [2.24, 2.45) is 5.73 Å². The number of aryl methyl sites for hydroxylation is 1. The number of hydrogen-bond acceptors (Lipinski definition) is 2. The largest absolute Gasteiger partial charge is 0.326 e. The van der Waals surface area contributed by atoms with E-state index >= 15 is 0 Å². The summed E-state index contributed by atoms with van der Waals surface area (Å²) in [5.74, 6) is 0. The van der Waals surface area contributed by atoms with Gasteiger partial charge < -0.3 is 5.73 Å². The van der Waals surface area contributed by atoms with Crippen LogP contribution in [-0.2, 0) is 6.54 Å². The quantitative estimate of drug-likeness (QED) is 0.805. The SMILES string of the molecule is Cc1ccc(-c2cnccc2CN)cc1. The van der Waals surface area contributed by atoms with Gasteiger partial charge in [0.05, 0.1) is 0 Å². The summed E-state index contributed by atoms with van der Waals surface area (Å²) in [5.41, 5.74) is 10.4. The monoisotopic (exact) mass is 198 g/mol. The summed E-state index contributed by atoms with van der Waals surface area (Å²) in [6.07, 6.45) is 3.65. The summed E-state index contributed by atoms with van der Waals surface area (Å²) in [7, 11) is 0. The maximum absolute atomic E-state index is 5.69. The minimum Gasteiger partial charge on any atom is -0.326 e. The highest BCUT2D eigenvalue weighted by molar-refractivity contribution is 5.66. The van der Waals surface area contributed by atoms with Gasteiger partial charge in [0.25, 0.3) is 0 Å². The lowest BCUT2D eigenvalue weighted by atomic mass is 10.0. The van der Waals surface area contributed by atoms with E-state index in [0.29, 0.717) is 6.54 Å². The Bertz CT molecular complexity index is 446. The van der Waals surface area contributed by atoms with E-state index in [1.54, 1.807) is 6.20 Å². The molecule has 0 aliphatic rings. The molecule has 0 saturated carbocycles. The molecule has 2 rings (SSSR count). The molecule has 0 spiro atoms. The van der Waals surface area contributed by atoms with Crippen LogP contribution in [0.4, 0.5) is 0 Å². The first kappa shape index (κ1) is 9.87. The molecule has 0 aliphatic carbocycles. The standard InChI is InChI=1S/C13H14N2/c1-10-2-4-11(5-3-10)13-9-15-7-6-12(13)8-14/h2-7,9H,8,14H2,1H3. The van der Waals surface area contributed by atoms with Gasteiger partial charge in [0.1, 0.15) is 0 Å². The van der Waals surface area contributed by atoms with E-state index in [0.717, 1.165) is 11.1 Å². The van der Waals surface area contributed by atoms with Crippen LogP contribution in [0.3, 0.4) is 0 Å². The lowest BCUT2D eigenvalue weighted by Gasteiger charge is -2.06. The predicted molar refractivity (Wildman–Crippen MR) is 62.3 cm³/mol. The second-order valence-corrected chi connectivity index (χ2v) is 3.60. The summed E-state index contributed by atoms with van der Waals surface area (Å²) < 4.78 is 0. The van der Waals surface area contributed by atoms with Crippen molar-refractivity contribution in [2.75, 3.05) is 0 Å². The highest BCUT2D eigenvalue weighted by atomic mass is 14.6. The number of hydrogen-bond donors (Lipinski definition) is 1. The third-order valence-corrected chi connectivity index (χ3v) is 2.49. The van der Waals surface area contributed by atoms with Crippen LogP contribution in [0.15, 0.2) is 42.7 Å². The molecule has 0 radical (unpaired) electrons. The summed E-state index contributed by atoms with van der Waals surface area (Å²) in [5, 5.41) is 0. The molecule has 0 amide bonds. The van der Waals surface area contributed by atoms with E-state index < -0.39 is 0 Å². The molecule has 0 unspecified atom stereocenters. The Morgan fingerprint density at radius 3 is 2.53 bits per heavy atom. The van der Waals surface area contributed by atoms with Crippen molar-refractivity contribution in [1.82, 2.24) is 4.98 Å². The Morgan fingerprint density at radius 2 is 1.87 bits per heavy atom. The van der Waals surface area contributed by atoms with E-state index in [-0.39, 0.29) is 0 Å². The smallest absolute Gasteiger partial charge is 0.0349 e. The highest BCUT2D eigenvalue weighted by Gasteiger charge is 2.02. The minimum absolute atomic E-state index is 0.547. The summed E-state index contributed by atoms with van der Waals surface area (Å²) in [6.45, 7) is 2.63. The second-order valence-electron chi connectivity index (χ2n) is 3.60. The number of nitrogens with zero attached hydrogens (tertiary/aromatic N) is 1. The zero-order valence-corrected chi connectivity index (χ0v) is 8.77. The van der Waals surface area contributed by atoms with Crippen LogP contribution < -0.4 is 5.73 Å². The third kappa shape index (κ3) is 2.05. The van der Waals surface area contributed by atoms with Gasteiger partial charge in [-0.1, -0.05) is 29.8 Å². The van der Waals surface area contributed by atoms with Crippen molar-refractivity contribution in [3.05, 3.63) is 53.9 Å². The van der Waals surface area contributed by atoms with Crippen LogP contribution in [0, 0.1) is 6.92 Å². The topological polar surface area (TPSA) is 38.9 Å². The van der Waals surface area contributed by atoms with Gasteiger partial charge in [-0.2, -0.15) is 0 Å². The average molecular weight is 198 g/mol. The van der Waals surface area contributed by atoms with Gasteiger partial charge in [0.2, 0.25) is 0 Å². The van der Waals surface area contributed by atoms with Gasteiger partial charge in [0.15, 0.2) is 0 Å². The molecule has 1 aromatic heterocycles. The Labute approximate surface area is 89.8 Å². The lowest BCUT2D eigenvalue weighted by Crippen LogP contribution is -1.99. The molecular formula is C13H14N2. The van der Waals surface area contributed by atoms with E-state index in [2.05, 4.69) is 36.2 Å². The molecule has 1 heterocycles. The van der Waals surface area contributed by atoms with Gasteiger partial charge in [-0.3, -0.25) is 4.98 Å². The number of benzene rings is 1. The Morgan fingerprint density at radius 1 is 1.13 bits per heavy atom. The van der Waals surface area contributed by atoms with Crippen molar-refractivity contribution in [3.63, 3.8) is 0 Å². The summed E-state index contributed by atoms with van der Waals surface area (Å²) in [6, 6.07) is 10.4. The van der Waals surface area contributed by atoms with Crippen molar-refractivity contribution in [2.45, 2.75) is 13.5 Å². The van der Waals surface area contributed by atoms with Gasteiger partial charge in [-0.15, -0.1) is 0 Å². The van der Waals surface area contributed by atoms with E-state index in [1.165, 1.54) is 11.1 Å². The molecule has 2 nitrogen and oxygen atoms in total. The molecule has 0 aliphatic heterocycles. The zero-order valence-electron chi connectivity index (χ0n) is 8.77. The first-order chi connectivity index (χ1) is 7.31. The molecule has 2 aromatic rings. The normalized spacial score (nSPS) is 10.3. The van der Waals surface area contributed by atoms with Crippen LogP contribution in [0.2, 0.25) is 0 Å². The van der Waals surface area contributed by atoms with Crippen molar-refractivity contribution < 1.29 is 0 Å². The van der Waals surface area contributed by atoms with E-state index in [1.807, 2.05) is 12.3 Å². The number of pyridine rings is 1. The van der Waals surface area contributed by atoms with Crippen LogP contribution in [-0.4, -0.2) is 4.98 Å². The molecule has 0 saturated heterocycles. The highest BCUT2D eigenvalue weighted by Crippen LogP contribution is 2.22. The van der Waals surface area contributed by atoms with Crippen LogP contribution in [0.5, 0.6) is 0 Å². The fraction of sp³-hybridized carbons (Fsp3) is 0.154. The summed E-state index contributed by atoms with van der Waals surface area (Å²) >= 11 is 0. The van der Waals surface area contributed by atoms with Crippen LogP contribution >= 0.6 is 0 Å². The van der Waals surface area contributed by atoms with Gasteiger partial charge in [-0.25, -0.2) is 0 Å². The molecule has 2 heteroatoms. The van der Waals surface area contributed by atoms with E-state index in [4.69, 9.17) is 5.73 Å². The molecule has 15 heavy (non-hydrogen) atoms. The molecule has 1 aromatic carbocycles. The first-order valence-electron chi connectivity index (χ1n) is 5.01. The van der Waals surface area contributed by atoms with Crippen molar-refractivity contribution in [3.8, 4) is 11.1 Å². The Balaban J connectivity index is 2.49. The van der Waals surface area contributed by atoms with Crippen molar-refractivity contribution >= 4 is 0 Å². The zero-order chi connectivity index (χ0) is 10.7. The molecule has 0 fully saturated rings. The third-order valence-electron chi connectivity index (χ3n) is 2.49. The average Bonchev–Trinajstić information content (AvgIpc) is 2.30. The maximum atomic E-state index is 5.69. The number of rotatable bonds is 2. The minimum atomic E-state index is 0.547. The first-order valence-corrected chi connectivity index (χ1v) is 5.01. The van der Waals surface area contributed by atoms with Gasteiger partial charge in [-0.05, 0) is 24.1 Å². The number of aromatic nitrogens is 1. The van der Waals surface area contributed by atoms with Crippen LogP contribution in [0.1, 0.15) is 11.1 Å². The lowest BCUT2D eigenvalue weighted by molar-refractivity contribution is 1.06. The van der Waals surface area contributed by atoms with Crippen molar-refractivity contribution in [1.29, 1.82) is 0 Å². The molecule has 0 atom stereocenters. The molecule has 2 N–H and O–H groups in total. The summed E-state index contributed by atoms with van der Waals surface area (Å²) in [4.78, 5) is 4.14. The van der Waals surface area contributed by atoms with Gasteiger partial charge >= 0.3 is 0 Å². The molecule has 0 bridgehead atoms. The molecule has 76 valence electrons. The Kier molecular flexibility index (Phi) is 2.79. The Hall–Kier alpha value is -1.67. The predicted octanol–water partition coefficient (Wildman–Crippen LogP) is 2.52. The van der Waals surface area contributed by atoms with Gasteiger partial charge in [0, 0.05) is 24.5 Å². The second kappa shape index (κ2) is 4.24. The molecular weight excluding hydrogens is 184 g/mol. The fourth-order valence-corrected chi connectivity index (χ4v) is 1.59.